The predicted octanol–water partition coefficient (Wildman–Crippen LogP) is 5.88. The molecule has 0 aromatic heterocycles. The van der Waals surface area contributed by atoms with Crippen molar-refractivity contribution < 1.29 is 9.13 Å². The molecule has 0 aliphatic carbocycles. The molecule has 0 fully saturated rings. The van der Waals surface area contributed by atoms with E-state index in [-0.39, 0.29) is 5.75 Å². The van der Waals surface area contributed by atoms with Crippen LogP contribution in [-0.4, -0.2) is 0 Å². The second kappa shape index (κ2) is 6.04. The summed E-state index contributed by atoms with van der Waals surface area (Å²) < 4.78 is 20.8. The van der Waals surface area contributed by atoms with Crippen LogP contribution >= 0.6 is 43.5 Å². The van der Waals surface area contributed by atoms with Crippen LogP contribution in [-0.2, 0) is 5.88 Å². The van der Waals surface area contributed by atoms with Crippen LogP contribution in [0.1, 0.15) is 5.56 Å². The molecule has 2 rings (SSSR count). The first-order valence-electron chi connectivity index (χ1n) is 5.07. The normalized spacial score (nSPS) is 10.4. The molecule has 0 aliphatic rings. The molecule has 1 nitrogen and oxygen atoms in total. The molecule has 2 aromatic carbocycles. The summed E-state index contributed by atoms with van der Waals surface area (Å²) in [7, 11) is 0. The average Bonchev–Trinajstić information content (AvgIpc) is 2.34. The van der Waals surface area contributed by atoms with Gasteiger partial charge in [-0.3, -0.25) is 0 Å². The second-order valence-corrected chi connectivity index (χ2v) is 5.66. The summed E-state index contributed by atoms with van der Waals surface area (Å²) in [6.07, 6.45) is 0. The lowest BCUT2D eigenvalue weighted by Crippen LogP contribution is -1.92. The summed E-state index contributed by atoms with van der Waals surface area (Å²) in [4.78, 5) is 0. The van der Waals surface area contributed by atoms with Crippen LogP contribution in [0.5, 0.6) is 11.5 Å². The van der Waals surface area contributed by atoms with E-state index in [1.165, 1.54) is 6.07 Å². The largest absolute Gasteiger partial charge is 0.454 e. The second-order valence-electron chi connectivity index (χ2n) is 3.56. The third-order valence-corrected chi connectivity index (χ3v) is 3.56. The van der Waals surface area contributed by atoms with E-state index in [4.69, 9.17) is 16.3 Å². The van der Waals surface area contributed by atoms with Gasteiger partial charge in [0.1, 0.15) is 5.75 Å². The van der Waals surface area contributed by atoms with Gasteiger partial charge in [-0.2, -0.15) is 0 Å². The topological polar surface area (TPSA) is 9.23 Å². The maximum Gasteiger partial charge on any atom is 0.165 e. The molecule has 2 aromatic rings. The Bertz CT molecular complexity index is 575. The van der Waals surface area contributed by atoms with Gasteiger partial charge in [0.25, 0.3) is 0 Å². The van der Waals surface area contributed by atoms with E-state index in [2.05, 4.69) is 31.9 Å². The number of halogens is 4. The van der Waals surface area contributed by atoms with Crippen molar-refractivity contribution in [3.05, 3.63) is 56.7 Å². The van der Waals surface area contributed by atoms with Gasteiger partial charge in [0.15, 0.2) is 11.6 Å². The number of ether oxygens (including phenoxy) is 1. The molecule has 18 heavy (non-hydrogen) atoms. The molecular weight excluding hydrogens is 386 g/mol. The standard InChI is InChI=1S/C13H8Br2ClFO/c14-9-2-1-8(7-16)12(5-9)18-13-6-10(15)3-4-11(13)17/h1-6H,7H2. The molecule has 0 heterocycles. The molecule has 0 radical (unpaired) electrons. The first-order chi connectivity index (χ1) is 8.60. The van der Waals surface area contributed by atoms with Gasteiger partial charge >= 0.3 is 0 Å². The maximum atomic E-state index is 13.6. The third kappa shape index (κ3) is 3.25. The molecule has 0 saturated heterocycles. The fourth-order valence-electron chi connectivity index (χ4n) is 1.41. The Morgan fingerprint density at radius 1 is 1.00 bits per heavy atom. The van der Waals surface area contributed by atoms with E-state index in [1.54, 1.807) is 18.2 Å². The SMILES string of the molecule is Fc1ccc(Br)cc1Oc1cc(Br)ccc1CCl. The Hall–Kier alpha value is -0.580. The summed E-state index contributed by atoms with van der Waals surface area (Å²) in [5.74, 6) is 0.585. The number of alkyl halides is 1. The smallest absolute Gasteiger partial charge is 0.165 e. The molecule has 0 N–H and O–H groups in total. The van der Waals surface area contributed by atoms with Crippen LogP contribution in [0, 0.1) is 5.82 Å². The molecule has 0 spiro atoms. The third-order valence-electron chi connectivity index (χ3n) is 2.29. The van der Waals surface area contributed by atoms with Gasteiger partial charge in [-0.25, -0.2) is 4.39 Å². The van der Waals surface area contributed by atoms with E-state index in [0.717, 1.165) is 14.5 Å². The van der Waals surface area contributed by atoms with Gasteiger partial charge in [-0.05, 0) is 30.3 Å². The summed E-state index contributed by atoms with van der Waals surface area (Å²) in [5, 5.41) is 0. The Kier molecular flexibility index (Phi) is 4.65. The Morgan fingerprint density at radius 2 is 1.61 bits per heavy atom. The quantitative estimate of drug-likeness (QED) is 0.591. The van der Waals surface area contributed by atoms with Crippen LogP contribution in [0.4, 0.5) is 4.39 Å². The Labute approximate surface area is 126 Å². The summed E-state index contributed by atoms with van der Waals surface area (Å²) in [6.45, 7) is 0. The van der Waals surface area contributed by atoms with E-state index in [1.807, 2.05) is 12.1 Å². The molecule has 0 amide bonds. The molecule has 0 bridgehead atoms. The van der Waals surface area contributed by atoms with Crippen LogP contribution < -0.4 is 4.74 Å². The van der Waals surface area contributed by atoms with E-state index >= 15 is 0 Å². The van der Waals surface area contributed by atoms with Crippen LogP contribution in [0.3, 0.4) is 0 Å². The molecule has 94 valence electrons. The lowest BCUT2D eigenvalue weighted by Gasteiger charge is -2.11. The van der Waals surface area contributed by atoms with Crippen LogP contribution in [0.15, 0.2) is 45.3 Å². The van der Waals surface area contributed by atoms with Crippen molar-refractivity contribution in [2.45, 2.75) is 5.88 Å². The van der Waals surface area contributed by atoms with Gasteiger partial charge in [-0.15, -0.1) is 11.6 Å². The number of hydrogen-bond acceptors (Lipinski definition) is 1. The molecule has 0 atom stereocenters. The molecule has 0 unspecified atom stereocenters. The van der Waals surface area contributed by atoms with E-state index in [9.17, 15) is 4.39 Å². The van der Waals surface area contributed by atoms with Crippen molar-refractivity contribution in [3.63, 3.8) is 0 Å². The van der Waals surface area contributed by atoms with Crippen molar-refractivity contribution in [1.82, 2.24) is 0 Å². The minimum absolute atomic E-state index is 0.161. The van der Waals surface area contributed by atoms with Gasteiger partial charge in [0.2, 0.25) is 0 Å². The predicted molar refractivity (Wildman–Crippen MR) is 77.9 cm³/mol. The van der Waals surface area contributed by atoms with Gasteiger partial charge in [0.05, 0.1) is 5.88 Å². The molecule has 5 heteroatoms. The van der Waals surface area contributed by atoms with Gasteiger partial charge < -0.3 is 4.74 Å². The lowest BCUT2D eigenvalue weighted by atomic mass is 10.2. The Morgan fingerprint density at radius 3 is 2.28 bits per heavy atom. The van der Waals surface area contributed by atoms with Crippen molar-refractivity contribution in [2.24, 2.45) is 0 Å². The van der Waals surface area contributed by atoms with Crippen LogP contribution in [0.25, 0.3) is 0 Å². The van der Waals surface area contributed by atoms with Crippen molar-refractivity contribution >= 4 is 43.5 Å². The highest BCUT2D eigenvalue weighted by molar-refractivity contribution is 9.10. The highest BCUT2D eigenvalue weighted by atomic mass is 79.9. The maximum absolute atomic E-state index is 13.6. The van der Waals surface area contributed by atoms with Crippen molar-refractivity contribution in [2.75, 3.05) is 0 Å². The molecule has 0 aliphatic heterocycles. The minimum atomic E-state index is -0.418. The zero-order valence-corrected chi connectivity index (χ0v) is 13.0. The molecule has 0 saturated carbocycles. The number of hydrogen-bond donors (Lipinski definition) is 0. The zero-order chi connectivity index (χ0) is 13.1. The fourth-order valence-corrected chi connectivity index (χ4v) is 2.31. The highest BCUT2D eigenvalue weighted by Crippen LogP contribution is 2.32. The molecular formula is C13H8Br2ClFO. The van der Waals surface area contributed by atoms with Gasteiger partial charge in [-0.1, -0.05) is 37.9 Å². The van der Waals surface area contributed by atoms with Crippen molar-refractivity contribution in [1.29, 1.82) is 0 Å². The number of benzene rings is 2. The van der Waals surface area contributed by atoms with Crippen LogP contribution in [0.2, 0.25) is 0 Å². The monoisotopic (exact) mass is 392 g/mol. The van der Waals surface area contributed by atoms with E-state index < -0.39 is 5.82 Å². The first kappa shape index (κ1) is 13.8. The fraction of sp³-hybridized carbons (Fsp3) is 0.0769. The lowest BCUT2D eigenvalue weighted by molar-refractivity contribution is 0.438. The first-order valence-corrected chi connectivity index (χ1v) is 7.19. The summed E-state index contributed by atoms with van der Waals surface area (Å²) >= 11 is 12.4. The summed E-state index contributed by atoms with van der Waals surface area (Å²) in [5.41, 5.74) is 0.805. The Balaban J connectivity index is 2.38. The van der Waals surface area contributed by atoms with E-state index in [0.29, 0.717) is 11.6 Å². The van der Waals surface area contributed by atoms with Gasteiger partial charge in [0, 0.05) is 14.5 Å². The summed E-state index contributed by atoms with van der Waals surface area (Å²) in [6, 6.07) is 10.00. The number of rotatable bonds is 3. The highest BCUT2D eigenvalue weighted by Gasteiger charge is 2.09. The minimum Gasteiger partial charge on any atom is -0.454 e. The van der Waals surface area contributed by atoms with Crippen molar-refractivity contribution in [3.8, 4) is 11.5 Å². The zero-order valence-electron chi connectivity index (χ0n) is 9.09. The average molecular weight is 394 g/mol.